The van der Waals surface area contributed by atoms with Crippen LogP contribution in [0.5, 0.6) is 0 Å². The fourth-order valence-electron chi connectivity index (χ4n) is 2.84. The van der Waals surface area contributed by atoms with Crippen molar-refractivity contribution in [2.45, 2.75) is 33.7 Å². The minimum Gasteiger partial charge on any atom is -0.323 e. The highest BCUT2D eigenvalue weighted by atomic mass is 79.9. The molecule has 0 saturated heterocycles. The topological polar surface area (TPSA) is 26.0 Å². The van der Waals surface area contributed by atoms with Crippen LogP contribution in [-0.2, 0) is 0 Å². The Hall–Kier alpha value is 0.430. The van der Waals surface area contributed by atoms with E-state index in [1.54, 1.807) is 11.3 Å². The van der Waals surface area contributed by atoms with Gasteiger partial charge in [0, 0.05) is 10.9 Å². The van der Waals surface area contributed by atoms with Gasteiger partial charge in [0.15, 0.2) is 0 Å². The lowest BCUT2D eigenvalue weighted by atomic mass is 10.0. The largest absolute Gasteiger partial charge is 0.323 e. The zero-order valence-corrected chi connectivity index (χ0v) is 13.1. The molecule has 16 heavy (non-hydrogen) atoms. The minimum atomic E-state index is 0.0961. The maximum absolute atomic E-state index is 6.36. The summed E-state index contributed by atoms with van der Waals surface area (Å²) in [5.74, 6) is 0.529. The molecule has 1 nitrogen and oxygen atoms in total. The molecule has 0 spiro atoms. The van der Waals surface area contributed by atoms with Gasteiger partial charge in [0.25, 0.3) is 0 Å². The molecular weight excluding hydrogens is 306 g/mol. The molecule has 4 heteroatoms. The lowest BCUT2D eigenvalue weighted by Gasteiger charge is -2.11. The average Bonchev–Trinajstić information content (AvgIpc) is 2.39. The van der Waals surface area contributed by atoms with Gasteiger partial charge in [0.05, 0.1) is 8.81 Å². The smallest absolute Gasteiger partial charge is 0.0887 e. The van der Waals surface area contributed by atoms with Crippen LogP contribution in [0.4, 0.5) is 0 Å². The van der Waals surface area contributed by atoms with E-state index in [4.69, 9.17) is 17.3 Å². The van der Waals surface area contributed by atoms with Crippen molar-refractivity contribution in [2.24, 2.45) is 22.5 Å². The summed E-state index contributed by atoms with van der Waals surface area (Å²) >= 11 is 11.1. The Morgan fingerprint density at radius 2 is 1.88 bits per heavy atom. The quantitative estimate of drug-likeness (QED) is 0.828. The molecule has 1 aromatic rings. The second-order valence-corrected chi connectivity index (χ2v) is 8.53. The van der Waals surface area contributed by atoms with Crippen LogP contribution >= 0.6 is 38.9 Å². The van der Waals surface area contributed by atoms with Gasteiger partial charge in [-0.3, -0.25) is 0 Å². The summed E-state index contributed by atoms with van der Waals surface area (Å²) in [6.07, 6.45) is 0. The summed E-state index contributed by atoms with van der Waals surface area (Å²) in [6, 6.07) is 2.09. The fraction of sp³-hybridized carbons (Fsp3) is 0.667. The first-order valence-corrected chi connectivity index (χ1v) is 7.38. The van der Waals surface area contributed by atoms with E-state index in [1.807, 2.05) is 6.07 Å². The molecule has 2 rings (SSSR count). The molecule has 90 valence electrons. The maximum Gasteiger partial charge on any atom is 0.0887 e. The Labute approximate surface area is 114 Å². The first kappa shape index (κ1) is 12.9. The van der Waals surface area contributed by atoms with Gasteiger partial charge < -0.3 is 5.73 Å². The Kier molecular flexibility index (Phi) is 2.99. The third kappa shape index (κ3) is 1.67. The predicted molar refractivity (Wildman–Crippen MR) is 75.0 cm³/mol. The zero-order valence-electron chi connectivity index (χ0n) is 9.97. The normalized spacial score (nSPS) is 24.4. The van der Waals surface area contributed by atoms with Gasteiger partial charge >= 0.3 is 0 Å². The SMILES string of the molecule is CC1(C)C(C(N)c2cc(Cl)c(Br)s2)C1(C)C. The van der Waals surface area contributed by atoms with Crippen LogP contribution < -0.4 is 5.73 Å². The monoisotopic (exact) mass is 321 g/mol. The van der Waals surface area contributed by atoms with E-state index in [0.717, 1.165) is 8.81 Å². The molecule has 1 aliphatic rings. The summed E-state index contributed by atoms with van der Waals surface area (Å²) in [5.41, 5.74) is 6.99. The summed E-state index contributed by atoms with van der Waals surface area (Å²) in [7, 11) is 0. The maximum atomic E-state index is 6.36. The van der Waals surface area contributed by atoms with Gasteiger partial charge in [-0.2, -0.15) is 0 Å². The molecule has 1 atom stereocenters. The van der Waals surface area contributed by atoms with E-state index < -0.39 is 0 Å². The number of thiophene rings is 1. The molecule has 0 aliphatic heterocycles. The number of halogens is 2. The van der Waals surface area contributed by atoms with Gasteiger partial charge in [-0.1, -0.05) is 39.3 Å². The van der Waals surface area contributed by atoms with E-state index >= 15 is 0 Å². The van der Waals surface area contributed by atoms with Gasteiger partial charge in [-0.05, 0) is 38.7 Å². The molecule has 1 aliphatic carbocycles. The Bertz CT molecular complexity index is 391. The molecule has 0 radical (unpaired) electrons. The fourth-order valence-corrected chi connectivity index (χ4v) is 4.62. The summed E-state index contributed by atoms with van der Waals surface area (Å²) < 4.78 is 0.982. The lowest BCUT2D eigenvalue weighted by Crippen LogP contribution is -2.15. The van der Waals surface area contributed by atoms with Crippen molar-refractivity contribution in [3.63, 3.8) is 0 Å². The molecule has 1 unspecified atom stereocenters. The standard InChI is InChI=1S/C12H17BrClNS/c1-11(2)9(12(11,3)4)8(15)7-5-6(14)10(13)16-7/h5,8-9H,15H2,1-4H3. The van der Waals surface area contributed by atoms with Crippen molar-refractivity contribution < 1.29 is 0 Å². The molecule has 0 bridgehead atoms. The van der Waals surface area contributed by atoms with Crippen LogP contribution in [-0.4, -0.2) is 0 Å². The highest BCUT2D eigenvalue weighted by Gasteiger charge is 2.66. The molecule has 1 aromatic heterocycles. The van der Waals surface area contributed by atoms with E-state index in [0.29, 0.717) is 16.7 Å². The van der Waals surface area contributed by atoms with E-state index in [1.165, 1.54) is 4.88 Å². The van der Waals surface area contributed by atoms with Crippen LogP contribution in [0.15, 0.2) is 9.85 Å². The molecule has 0 amide bonds. The first-order valence-electron chi connectivity index (χ1n) is 5.40. The van der Waals surface area contributed by atoms with Gasteiger partial charge in [0.2, 0.25) is 0 Å². The van der Waals surface area contributed by atoms with E-state index in [-0.39, 0.29) is 6.04 Å². The molecular formula is C12H17BrClNS. The van der Waals surface area contributed by atoms with Crippen molar-refractivity contribution in [1.29, 1.82) is 0 Å². The molecule has 1 fully saturated rings. The van der Waals surface area contributed by atoms with Gasteiger partial charge in [0.1, 0.15) is 0 Å². The number of hydrogen-bond acceptors (Lipinski definition) is 2. The second-order valence-electron chi connectivity index (χ2n) is 5.72. The van der Waals surface area contributed by atoms with Crippen LogP contribution in [0, 0.1) is 16.7 Å². The zero-order chi connectivity index (χ0) is 12.3. The van der Waals surface area contributed by atoms with Crippen LogP contribution in [0.3, 0.4) is 0 Å². The summed E-state index contributed by atoms with van der Waals surface area (Å²) in [5, 5.41) is 0.770. The van der Waals surface area contributed by atoms with Crippen molar-refractivity contribution in [3.05, 3.63) is 19.8 Å². The Balaban J connectivity index is 2.25. The van der Waals surface area contributed by atoms with E-state index in [9.17, 15) is 0 Å². The molecule has 2 N–H and O–H groups in total. The number of rotatable bonds is 2. The average molecular weight is 323 g/mol. The third-order valence-corrected chi connectivity index (χ3v) is 7.06. The van der Waals surface area contributed by atoms with Crippen molar-refractivity contribution in [2.75, 3.05) is 0 Å². The second kappa shape index (κ2) is 3.71. The van der Waals surface area contributed by atoms with Gasteiger partial charge in [-0.25, -0.2) is 0 Å². The number of hydrogen-bond donors (Lipinski definition) is 1. The third-order valence-electron chi connectivity index (χ3n) is 4.48. The summed E-state index contributed by atoms with van der Waals surface area (Å²) in [4.78, 5) is 1.18. The van der Waals surface area contributed by atoms with E-state index in [2.05, 4.69) is 43.6 Å². The molecule has 1 saturated carbocycles. The Morgan fingerprint density at radius 1 is 1.38 bits per heavy atom. The summed E-state index contributed by atoms with van der Waals surface area (Å²) in [6.45, 7) is 9.17. The first-order chi connectivity index (χ1) is 7.19. The lowest BCUT2D eigenvalue weighted by molar-refractivity contribution is 0.457. The van der Waals surface area contributed by atoms with Crippen molar-refractivity contribution in [1.82, 2.24) is 0 Å². The van der Waals surface area contributed by atoms with Crippen molar-refractivity contribution in [3.8, 4) is 0 Å². The highest BCUT2D eigenvalue weighted by Crippen LogP contribution is 2.72. The molecule has 0 aromatic carbocycles. The van der Waals surface area contributed by atoms with Crippen LogP contribution in [0.1, 0.15) is 38.6 Å². The van der Waals surface area contributed by atoms with Gasteiger partial charge in [-0.15, -0.1) is 11.3 Å². The Morgan fingerprint density at radius 3 is 2.19 bits per heavy atom. The minimum absolute atomic E-state index is 0.0961. The van der Waals surface area contributed by atoms with Crippen molar-refractivity contribution >= 4 is 38.9 Å². The number of nitrogens with two attached hydrogens (primary N) is 1. The highest BCUT2D eigenvalue weighted by molar-refractivity contribution is 9.11. The predicted octanol–water partition coefficient (Wildman–Crippen LogP) is 4.85. The molecule has 1 heterocycles. The van der Waals surface area contributed by atoms with Crippen LogP contribution in [0.25, 0.3) is 0 Å². The van der Waals surface area contributed by atoms with Crippen LogP contribution in [0.2, 0.25) is 5.02 Å².